The number of rotatable bonds is 6. The predicted octanol–water partition coefficient (Wildman–Crippen LogP) is 3.08. The molecular formula is C23H27N3O3. The molecule has 1 fully saturated rings. The molecule has 3 amide bonds. The maximum Gasteiger partial charge on any atom is 0.312 e. The number of para-hydroxylation sites is 1. The minimum atomic E-state index is -0.469. The molecule has 0 aliphatic carbocycles. The van der Waals surface area contributed by atoms with Gasteiger partial charge in [0.05, 0.1) is 0 Å². The highest BCUT2D eigenvalue weighted by atomic mass is 16.2. The third kappa shape index (κ3) is 4.65. The number of aryl methyl sites for hydroxylation is 1. The highest BCUT2D eigenvalue weighted by molar-refractivity contribution is 6.35. The third-order valence-corrected chi connectivity index (χ3v) is 5.20. The molecule has 1 N–H and O–H groups in total. The summed E-state index contributed by atoms with van der Waals surface area (Å²) in [6, 6.07) is 14.9. The van der Waals surface area contributed by atoms with Crippen molar-refractivity contribution in [1.82, 2.24) is 9.80 Å². The Balaban J connectivity index is 1.64. The number of benzene rings is 2. The van der Waals surface area contributed by atoms with Crippen LogP contribution in [0.2, 0.25) is 0 Å². The number of carbonyl (C=O) groups is 3. The van der Waals surface area contributed by atoms with E-state index in [2.05, 4.69) is 5.32 Å². The predicted molar refractivity (Wildman–Crippen MR) is 112 cm³/mol. The number of piperazine rings is 1. The molecule has 0 unspecified atom stereocenters. The second-order valence-corrected chi connectivity index (χ2v) is 7.48. The first kappa shape index (κ1) is 20.6. The van der Waals surface area contributed by atoms with E-state index in [1.807, 2.05) is 57.2 Å². The molecule has 0 aromatic heterocycles. The van der Waals surface area contributed by atoms with Crippen molar-refractivity contribution in [3.8, 4) is 0 Å². The Morgan fingerprint density at radius 1 is 1.00 bits per heavy atom. The molecule has 0 radical (unpaired) electrons. The van der Waals surface area contributed by atoms with Crippen LogP contribution in [0.4, 0.5) is 5.69 Å². The first-order valence-electron chi connectivity index (χ1n) is 9.98. The summed E-state index contributed by atoms with van der Waals surface area (Å²) in [7, 11) is 0. The van der Waals surface area contributed by atoms with Crippen molar-refractivity contribution in [2.75, 3.05) is 18.4 Å². The molecule has 29 heavy (non-hydrogen) atoms. The summed E-state index contributed by atoms with van der Waals surface area (Å²) in [5.41, 5.74) is 3.33. The number of hydrogen-bond donors (Lipinski definition) is 1. The Hall–Kier alpha value is -3.15. The molecular weight excluding hydrogens is 366 g/mol. The van der Waals surface area contributed by atoms with Gasteiger partial charge >= 0.3 is 11.8 Å². The van der Waals surface area contributed by atoms with Crippen LogP contribution in [0.15, 0.2) is 48.5 Å². The fourth-order valence-corrected chi connectivity index (χ4v) is 3.46. The zero-order valence-corrected chi connectivity index (χ0v) is 17.1. The normalized spacial score (nSPS) is 14.5. The van der Waals surface area contributed by atoms with Gasteiger partial charge in [-0.3, -0.25) is 14.4 Å². The molecule has 2 aromatic carbocycles. The van der Waals surface area contributed by atoms with Gasteiger partial charge in [-0.2, -0.15) is 0 Å². The van der Waals surface area contributed by atoms with Crippen LogP contribution in [0, 0.1) is 0 Å². The van der Waals surface area contributed by atoms with E-state index < -0.39 is 11.8 Å². The van der Waals surface area contributed by atoms with E-state index in [0.717, 1.165) is 23.2 Å². The molecule has 6 nitrogen and oxygen atoms in total. The van der Waals surface area contributed by atoms with E-state index in [1.165, 1.54) is 0 Å². The molecule has 1 saturated heterocycles. The highest BCUT2D eigenvalue weighted by Gasteiger charge is 2.33. The van der Waals surface area contributed by atoms with Crippen molar-refractivity contribution in [3.05, 3.63) is 65.2 Å². The molecule has 1 aliphatic rings. The molecule has 1 heterocycles. The topological polar surface area (TPSA) is 69.7 Å². The molecule has 0 spiro atoms. The van der Waals surface area contributed by atoms with Gasteiger partial charge in [-0.15, -0.1) is 0 Å². The first-order chi connectivity index (χ1) is 13.9. The van der Waals surface area contributed by atoms with Gasteiger partial charge in [-0.25, -0.2) is 0 Å². The zero-order chi connectivity index (χ0) is 21.0. The molecule has 2 aromatic rings. The van der Waals surface area contributed by atoms with Gasteiger partial charge in [0.25, 0.3) is 5.91 Å². The van der Waals surface area contributed by atoms with Gasteiger partial charge in [-0.1, -0.05) is 37.3 Å². The second kappa shape index (κ2) is 8.90. The Morgan fingerprint density at radius 3 is 2.34 bits per heavy atom. The molecule has 6 heteroatoms. The smallest absolute Gasteiger partial charge is 0.312 e. The number of amides is 3. The molecule has 1 aliphatic heterocycles. The number of hydrogen-bond acceptors (Lipinski definition) is 3. The van der Waals surface area contributed by atoms with Crippen LogP contribution in [0.3, 0.4) is 0 Å². The average molecular weight is 393 g/mol. The van der Waals surface area contributed by atoms with Crippen molar-refractivity contribution in [2.45, 2.75) is 39.8 Å². The summed E-state index contributed by atoms with van der Waals surface area (Å²) < 4.78 is 0. The molecule has 0 atom stereocenters. The minimum absolute atomic E-state index is 0.0178. The van der Waals surface area contributed by atoms with Gasteiger partial charge in [0.15, 0.2) is 0 Å². The Labute approximate surface area is 171 Å². The van der Waals surface area contributed by atoms with Crippen molar-refractivity contribution >= 4 is 23.4 Å². The SMILES string of the molecule is CCc1ccccc1NC(=O)c1ccc(CN2CCN(C(C)C)C(=O)C2=O)cc1. The van der Waals surface area contributed by atoms with Gasteiger partial charge in [0, 0.05) is 36.9 Å². The van der Waals surface area contributed by atoms with Crippen LogP contribution in [0.1, 0.15) is 42.3 Å². The van der Waals surface area contributed by atoms with E-state index in [0.29, 0.717) is 25.2 Å². The van der Waals surface area contributed by atoms with E-state index in [1.54, 1.807) is 21.9 Å². The maximum atomic E-state index is 12.6. The standard InChI is InChI=1S/C23H27N3O3/c1-4-18-7-5-6-8-20(18)24-21(27)19-11-9-17(10-12-19)15-25-13-14-26(16(2)3)23(29)22(25)28/h5-12,16H,4,13-15H2,1-3H3,(H,24,27). The summed E-state index contributed by atoms with van der Waals surface area (Å²) in [6.07, 6.45) is 0.839. The van der Waals surface area contributed by atoms with Gasteiger partial charge in [-0.05, 0) is 49.6 Å². The van der Waals surface area contributed by atoms with Crippen molar-refractivity contribution in [3.63, 3.8) is 0 Å². The van der Waals surface area contributed by atoms with E-state index in [-0.39, 0.29) is 11.9 Å². The molecule has 0 saturated carbocycles. The summed E-state index contributed by atoms with van der Waals surface area (Å²) >= 11 is 0. The number of nitrogens with zero attached hydrogens (tertiary/aromatic N) is 2. The van der Waals surface area contributed by atoms with Gasteiger partial charge < -0.3 is 15.1 Å². The van der Waals surface area contributed by atoms with Gasteiger partial charge in [0.1, 0.15) is 0 Å². The molecule has 152 valence electrons. The minimum Gasteiger partial charge on any atom is -0.330 e. The lowest BCUT2D eigenvalue weighted by Gasteiger charge is -2.36. The van der Waals surface area contributed by atoms with Crippen LogP contribution in [-0.2, 0) is 22.6 Å². The summed E-state index contributed by atoms with van der Waals surface area (Å²) in [5, 5.41) is 2.95. The lowest BCUT2D eigenvalue weighted by atomic mass is 10.1. The van der Waals surface area contributed by atoms with Crippen LogP contribution in [0.25, 0.3) is 0 Å². The van der Waals surface area contributed by atoms with Crippen LogP contribution in [-0.4, -0.2) is 46.7 Å². The molecule has 0 bridgehead atoms. The quantitative estimate of drug-likeness (QED) is 0.767. The zero-order valence-electron chi connectivity index (χ0n) is 17.1. The number of anilines is 1. The lowest BCUT2D eigenvalue weighted by molar-refractivity contribution is -0.157. The van der Waals surface area contributed by atoms with Crippen molar-refractivity contribution in [2.24, 2.45) is 0 Å². The van der Waals surface area contributed by atoms with Crippen molar-refractivity contribution in [1.29, 1.82) is 0 Å². The molecule has 3 rings (SSSR count). The number of carbonyl (C=O) groups excluding carboxylic acids is 3. The summed E-state index contributed by atoms with van der Waals surface area (Å²) in [4.78, 5) is 40.3. The Kier molecular flexibility index (Phi) is 6.32. The fraction of sp³-hybridized carbons (Fsp3) is 0.348. The maximum absolute atomic E-state index is 12.6. The summed E-state index contributed by atoms with van der Waals surface area (Å²) in [6.45, 7) is 7.27. The fourth-order valence-electron chi connectivity index (χ4n) is 3.46. The summed E-state index contributed by atoms with van der Waals surface area (Å²) in [5.74, 6) is -1.09. The number of nitrogens with one attached hydrogen (secondary N) is 1. The van der Waals surface area contributed by atoms with E-state index in [9.17, 15) is 14.4 Å². The van der Waals surface area contributed by atoms with Crippen LogP contribution in [0.5, 0.6) is 0 Å². The Morgan fingerprint density at radius 2 is 1.69 bits per heavy atom. The van der Waals surface area contributed by atoms with Gasteiger partial charge in [0.2, 0.25) is 0 Å². The average Bonchev–Trinajstić information content (AvgIpc) is 2.72. The second-order valence-electron chi connectivity index (χ2n) is 7.48. The largest absolute Gasteiger partial charge is 0.330 e. The Bertz CT molecular complexity index is 906. The first-order valence-corrected chi connectivity index (χ1v) is 9.98. The monoisotopic (exact) mass is 393 g/mol. The van der Waals surface area contributed by atoms with Crippen LogP contribution < -0.4 is 5.32 Å². The highest BCUT2D eigenvalue weighted by Crippen LogP contribution is 2.18. The van der Waals surface area contributed by atoms with E-state index >= 15 is 0 Å². The lowest BCUT2D eigenvalue weighted by Crippen LogP contribution is -2.55. The third-order valence-electron chi connectivity index (χ3n) is 5.20. The van der Waals surface area contributed by atoms with Crippen LogP contribution >= 0.6 is 0 Å². The van der Waals surface area contributed by atoms with E-state index in [4.69, 9.17) is 0 Å². The van der Waals surface area contributed by atoms with Crippen molar-refractivity contribution < 1.29 is 14.4 Å².